The summed E-state index contributed by atoms with van der Waals surface area (Å²) in [6.07, 6.45) is 0. The predicted molar refractivity (Wildman–Crippen MR) is 110 cm³/mol. The zero-order valence-corrected chi connectivity index (χ0v) is 17.6. The number of nitro benzene ring substituents is 1. The third kappa shape index (κ3) is 4.77. The fourth-order valence-electron chi connectivity index (χ4n) is 3.36. The summed E-state index contributed by atoms with van der Waals surface area (Å²) in [5.74, 6) is -0.336. The minimum absolute atomic E-state index is 0.0320. The molecule has 30 heavy (non-hydrogen) atoms. The Balaban J connectivity index is 2.04. The van der Waals surface area contributed by atoms with E-state index in [1.165, 1.54) is 28.6 Å². The largest absolute Gasteiger partial charge is 0.379 e. The molecule has 0 amide bonds. The van der Waals surface area contributed by atoms with Gasteiger partial charge in [-0.25, -0.2) is 12.8 Å². The minimum Gasteiger partial charge on any atom is -0.379 e. The van der Waals surface area contributed by atoms with E-state index in [0.717, 1.165) is 11.6 Å². The van der Waals surface area contributed by atoms with Gasteiger partial charge in [0.25, 0.3) is 5.69 Å². The van der Waals surface area contributed by atoms with Gasteiger partial charge in [-0.2, -0.15) is 4.31 Å². The third-order valence-corrected chi connectivity index (χ3v) is 6.91. The first-order valence-electron chi connectivity index (χ1n) is 9.58. The van der Waals surface area contributed by atoms with Gasteiger partial charge < -0.3 is 10.1 Å². The van der Waals surface area contributed by atoms with Gasteiger partial charge in [0.2, 0.25) is 10.0 Å². The lowest BCUT2D eigenvalue weighted by molar-refractivity contribution is -0.385. The lowest BCUT2D eigenvalue weighted by atomic mass is 9.95. The number of anilines is 1. The second-order valence-corrected chi connectivity index (χ2v) is 9.28. The Bertz CT molecular complexity index is 1010. The van der Waals surface area contributed by atoms with Crippen molar-refractivity contribution in [3.8, 4) is 0 Å². The normalized spacial score (nSPS) is 16.4. The molecule has 1 unspecified atom stereocenters. The summed E-state index contributed by atoms with van der Waals surface area (Å²) >= 11 is 0. The van der Waals surface area contributed by atoms with Crippen molar-refractivity contribution in [2.45, 2.75) is 24.8 Å². The average molecular weight is 437 g/mol. The summed E-state index contributed by atoms with van der Waals surface area (Å²) in [5, 5.41) is 14.5. The van der Waals surface area contributed by atoms with Gasteiger partial charge in [0, 0.05) is 25.2 Å². The standard InChI is InChI=1S/C20H24FN3O5S/c1-14(2)20(15-3-5-16(21)6-4-15)22-18-8-7-17(24(25)26)13-19(18)30(27,28)23-9-11-29-12-10-23/h3-8,13-14,20,22H,9-12H2,1-2H3. The van der Waals surface area contributed by atoms with E-state index in [1.807, 2.05) is 13.8 Å². The van der Waals surface area contributed by atoms with E-state index in [1.54, 1.807) is 12.1 Å². The first-order chi connectivity index (χ1) is 14.2. The van der Waals surface area contributed by atoms with Gasteiger partial charge in [-0.05, 0) is 29.7 Å². The van der Waals surface area contributed by atoms with Crippen molar-refractivity contribution >= 4 is 21.4 Å². The van der Waals surface area contributed by atoms with Crippen molar-refractivity contribution < 1.29 is 22.5 Å². The second-order valence-electron chi connectivity index (χ2n) is 7.37. The molecule has 1 N–H and O–H groups in total. The fraction of sp³-hybridized carbons (Fsp3) is 0.400. The molecule has 0 aromatic heterocycles. The summed E-state index contributed by atoms with van der Waals surface area (Å²) in [6, 6.07) is 9.37. The highest BCUT2D eigenvalue weighted by Gasteiger charge is 2.31. The number of non-ortho nitro benzene ring substituents is 1. The van der Waals surface area contributed by atoms with Crippen LogP contribution >= 0.6 is 0 Å². The molecule has 162 valence electrons. The number of halogens is 1. The molecule has 0 aliphatic carbocycles. The van der Waals surface area contributed by atoms with Gasteiger partial charge in [-0.3, -0.25) is 10.1 Å². The van der Waals surface area contributed by atoms with Crippen LogP contribution in [0.15, 0.2) is 47.4 Å². The summed E-state index contributed by atoms with van der Waals surface area (Å²) < 4.78 is 46.4. The Labute approximate surface area is 174 Å². The molecular formula is C20H24FN3O5S. The maximum atomic E-state index is 13.3. The van der Waals surface area contributed by atoms with Crippen molar-refractivity contribution in [3.05, 3.63) is 64.0 Å². The third-order valence-electron chi connectivity index (χ3n) is 4.97. The molecule has 1 aliphatic heterocycles. The van der Waals surface area contributed by atoms with Gasteiger partial charge in [0.05, 0.1) is 29.9 Å². The van der Waals surface area contributed by atoms with Crippen LogP contribution in [-0.4, -0.2) is 43.9 Å². The van der Waals surface area contributed by atoms with Crippen molar-refractivity contribution in [1.82, 2.24) is 4.31 Å². The quantitative estimate of drug-likeness (QED) is 0.525. The molecule has 2 aromatic carbocycles. The van der Waals surface area contributed by atoms with Crippen LogP contribution in [-0.2, 0) is 14.8 Å². The number of rotatable bonds is 7. The molecule has 1 fully saturated rings. The first kappa shape index (κ1) is 22.1. The number of benzene rings is 2. The highest BCUT2D eigenvalue weighted by Crippen LogP contribution is 2.34. The number of nitrogens with zero attached hydrogens (tertiary/aromatic N) is 2. The Morgan fingerprint density at radius 3 is 2.33 bits per heavy atom. The smallest absolute Gasteiger partial charge is 0.270 e. The van der Waals surface area contributed by atoms with E-state index < -0.39 is 14.9 Å². The van der Waals surface area contributed by atoms with Crippen LogP contribution < -0.4 is 5.32 Å². The summed E-state index contributed by atoms with van der Waals surface area (Å²) in [6.45, 7) is 4.78. The number of ether oxygens (including phenoxy) is 1. The average Bonchev–Trinajstić information content (AvgIpc) is 2.73. The van der Waals surface area contributed by atoms with E-state index in [0.29, 0.717) is 0 Å². The Morgan fingerprint density at radius 2 is 1.77 bits per heavy atom. The molecule has 1 saturated heterocycles. The van der Waals surface area contributed by atoms with E-state index in [2.05, 4.69) is 5.32 Å². The summed E-state index contributed by atoms with van der Waals surface area (Å²) in [5.41, 5.74) is 0.727. The predicted octanol–water partition coefficient (Wildman–Crippen LogP) is 3.56. The molecule has 0 saturated carbocycles. The van der Waals surface area contributed by atoms with Crippen molar-refractivity contribution in [3.63, 3.8) is 0 Å². The lowest BCUT2D eigenvalue weighted by Gasteiger charge is -2.29. The van der Waals surface area contributed by atoms with E-state index in [9.17, 15) is 22.9 Å². The molecule has 0 radical (unpaired) electrons. The zero-order valence-electron chi connectivity index (χ0n) is 16.7. The van der Waals surface area contributed by atoms with E-state index in [4.69, 9.17) is 4.74 Å². The number of sulfonamides is 1. The monoisotopic (exact) mass is 437 g/mol. The van der Waals surface area contributed by atoms with Gasteiger partial charge in [-0.15, -0.1) is 0 Å². The lowest BCUT2D eigenvalue weighted by Crippen LogP contribution is -2.40. The highest BCUT2D eigenvalue weighted by molar-refractivity contribution is 7.89. The molecule has 0 bridgehead atoms. The van der Waals surface area contributed by atoms with Gasteiger partial charge in [0.1, 0.15) is 10.7 Å². The number of nitro groups is 1. The molecule has 8 nitrogen and oxygen atoms in total. The number of hydrogen-bond acceptors (Lipinski definition) is 6. The van der Waals surface area contributed by atoms with Crippen LogP contribution in [0.5, 0.6) is 0 Å². The topological polar surface area (TPSA) is 102 Å². The van der Waals surface area contributed by atoms with Crippen molar-refractivity contribution in [2.24, 2.45) is 5.92 Å². The Hall–Kier alpha value is -2.56. The highest BCUT2D eigenvalue weighted by atomic mass is 32.2. The molecule has 10 heteroatoms. The fourth-order valence-corrected chi connectivity index (χ4v) is 4.94. The maximum absolute atomic E-state index is 13.3. The first-order valence-corrected chi connectivity index (χ1v) is 11.0. The van der Waals surface area contributed by atoms with Crippen molar-refractivity contribution in [1.29, 1.82) is 0 Å². The summed E-state index contributed by atoms with van der Waals surface area (Å²) in [4.78, 5) is 10.5. The Morgan fingerprint density at radius 1 is 1.13 bits per heavy atom. The van der Waals surface area contributed by atoms with Gasteiger partial charge in [0.15, 0.2) is 0 Å². The van der Waals surface area contributed by atoms with Crippen LogP contribution in [0.4, 0.5) is 15.8 Å². The van der Waals surface area contributed by atoms with Gasteiger partial charge >= 0.3 is 0 Å². The van der Waals surface area contributed by atoms with Crippen LogP contribution in [0.3, 0.4) is 0 Å². The molecule has 2 aromatic rings. The molecule has 3 rings (SSSR count). The number of hydrogen-bond donors (Lipinski definition) is 1. The van der Waals surface area contributed by atoms with Crippen LogP contribution in [0.25, 0.3) is 0 Å². The number of morpholine rings is 1. The SMILES string of the molecule is CC(C)C(Nc1ccc([N+](=O)[O-])cc1S(=O)(=O)N1CCOCC1)c1ccc(F)cc1. The van der Waals surface area contributed by atoms with Crippen LogP contribution in [0.1, 0.15) is 25.5 Å². The number of nitrogens with one attached hydrogen (secondary N) is 1. The Kier molecular flexibility index (Phi) is 6.69. The van der Waals surface area contributed by atoms with Crippen LogP contribution in [0.2, 0.25) is 0 Å². The molecular weight excluding hydrogens is 413 g/mol. The zero-order chi connectivity index (χ0) is 21.9. The second kappa shape index (κ2) is 9.07. The van der Waals surface area contributed by atoms with Gasteiger partial charge in [-0.1, -0.05) is 26.0 Å². The maximum Gasteiger partial charge on any atom is 0.270 e. The summed E-state index contributed by atoms with van der Waals surface area (Å²) in [7, 11) is -3.98. The van der Waals surface area contributed by atoms with E-state index >= 15 is 0 Å². The molecule has 0 spiro atoms. The molecule has 1 aliphatic rings. The molecule has 1 heterocycles. The minimum atomic E-state index is -3.98. The molecule has 1 atom stereocenters. The van der Waals surface area contributed by atoms with Crippen molar-refractivity contribution in [2.75, 3.05) is 31.6 Å². The van der Waals surface area contributed by atoms with E-state index in [-0.39, 0.29) is 60.4 Å². The van der Waals surface area contributed by atoms with Crippen LogP contribution in [0, 0.1) is 21.8 Å².